The van der Waals surface area contributed by atoms with Gasteiger partial charge in [0.05, 0.1) is 0 Å². The molecule has 0 radical (unpaired) electrons. The Hall–Kier alpha value is -2.52. The summed E-state index contributed by atoms with van der Waals surface area (Å²) in [6.45, 7) is 3.09. The summed E-state index contributed by atoms with van der Waals surface area (Å²) in [5, 5.41) is 0.839. The zero-order valence-corrected chi connectivity index (χ0v) is 17.2. The summed E-state index contributed by atoms with van der Waals surface area (Å²) < 4.78 is 16.1. The van der Waals surface area contributed by atoms with Crippen molar-refractivity contribution in [1.82, 2.24) is 24.0 Å². The number of benzene rings is 1. The van der Waals surface area contributed by atoms with Crippen LogP contribution in [0.3, 0.4) is 0 Å². The van der Waals surface area contributed by atoms with Gasteiger partial charge in [0.25, 0.3) is 5.56 Å². The second-order valence-corrected chi connectivity index (χ2v) is 8.25. The first-order chi connectivity index (χ1) is 14.0. The van der Waals surface area contributed by atoms with Crippen molar-refractivity contribution in [3.8, 4) is 11.4 Å². The molecule has 3 heterocycles. The van der Waals surface area contributed by atoms with E-state index >= 15 is 0 Å². The summed E-state index contributed by atoms with van der Waals surface area (Å²) in [5.41, 5.74) is -0.116. The number of thioether (sulfide) groups is 1. The number of likely N-dealkylation sites (tertiary alicyclic amines) is 1. The Balaban J connectivity index is 1.83. The van der Waals surface area contributed by atoms with E-state index in [0.29, 0.717) is 21.8 Å². The molecule has 0 aliphatic carbocycles. The van der Waals surface area contributed by atoms with E-state index in [4.69, 9.17) is 0 Å². The van der Waals surface area contributed by atoms with Gasteiger partial charge in [-0.3, -0.25) is 13.9 Å². The predicted molar refractivity (Wildman–Crippen MR) is 112 cm³/mol. The Kier molecular flexibility index (Phi) is 5.51. The Bertz CT molecular complexity index is 1180. The number of rotatable bonds is 5. The van der Waals surface area contributed by atoms with Crippen LogP contribution in [0.2, 0.25) is 0 Å². The second-order valence-electron chi connectivity index (χ2n) is 7.16. The average Bonchev–Trinajstić information content (AvgIpc) is 3.23. The van der Waals surface area contributed by atoms with Gasteiger partial charge in [-0.1, -0.05) is 12.1 Å². The van der Waals surface area contributed by atoms with Crippen molar-refractivity contribution in [1.29, 1.82) is 0 Å². The molecule has 0 N–H and O–H groups in total. The van der Waals surface area contributed by atoms with Crippen LogP contribution < -0.4 is 11.2 Å². The van der Waals surface area contributed by atoms with Crippen LogP contribution in [0.25, 0.3) is 22.4 Å². The molecule has 3 aromatic rings. The molecule has 0 amide bonds. The van der Waals surface area contributed by atoms with E-state index in [1.54, 1.807) is 19.2 Å². The lowest BCUT2D eigenvalue weighted by molar-refractivity contribution is 0.362. The first-order valence-electron chi connectivity index (χ1n) is 9.54. The number of fused-ring (bicyclic) bond motifs is 1. The van der Waals surface area contributed by atoms with Crippen molar-refractivity contribution in [2.75, 3.05) is 25.4 Å². The maximum atomic E-state index is 13.7. The van der Waals surface area contributed by atoms with E-state index < -0.39 is 17.1 Å². The van der Waals surface area contributed by atoms with Crippen LogP contribution in [0, 0.1) is 5.82 Å². The number of hydrogen-bond acceptors (Lipinski definition) is 6. The van der Waals surface area contributed by atoms with Crippen molar-refractivity contribution >= 4 is 22.8 Å². The summed E-state index contributed by atoms with van der Waals surface area (Å²) >= 11 is 1.47. The van der Waals surface area contributed by atoms with Gasteiger partial charge < -0.3 is 4.90 Å². The van der Waals surface area contributed by atoms with Crippen LogP contribution in [0.4, 0.5) is 4.39 Å². The van der Waals surface area contributed by atoms with Crippen LogP contribution in [0.5, 0.6) is 0 Å². The molecule has 1 aliphatic rings. The molecule has 1 saturated heterocycles. The minimum absolute atomic E-state index is 0.260. The third-order valence-electron chi connectivity index (χ3n) is 5.19. The quantitative estimate of drug-likeness (QED) is 0.469. The largest absolute Gasteiger partial charge is 0.332 e. The molecule has 1 aromatic carbocycles. The van der Waals surface area contributed by atoms with E-state index in [1.165, 1.54) is 48.4 Å². The van der Waals surface area contributed by atoms with E-state index in [1.807, 2.05) is 0 Å². The van der Waals surface area contributed by atoms with Gasteiger partial charge in [0.2, 0.25) is 0 Å². The smallest absolute Gasteiger partial charge is 0.303 e. The maximum absolute atomic E-state index is 13.7. The van der Waals surface area contributed by atoms with E-state index in [9.17, 15) is 14.0 Å². The summed E-state index contributed by atoms with van der Waals surface area (Å²) in [6, 6.07) is 5.99. The van der Waals surface area contributed by atoms with Gasteiger partial charge >= 0.3 is 5.69 Å². The van der Waals surface area contributed by atoms with Gasteiger partial charge in [-0.15, -0.1) is 11.8 Å². The molecular formula is C20H22FN5O2S. The minimum atomic E-state index is -0.459. The Morgan fingerprint density at radius 2 is 1.86 bits per heavy atom. The highest BCUT2D eigenvalue weighted by molar-refractivity contribution is 7.99. The molecule has 1 aliphatic heterocycles. The Morgan fingerprint density at radius 3 is 2.59 bits per heavy atom. The molecule has 1 fully saturated rings. The van der Waals surface area contributed by atoms with Gasteiger partial charge in [0.15, 0.2) is 11.5 Å². The highest BCUT2D eigenvalue weighted by Gasteiger charge is 2.19. The number of hydrogen-bond donors (Lipinski definition) is 0. The van der Waals surface area contributed by atoms with Gasteiger partial charge in [0, 0.05) is 32.0 Å². The van der Waals surface area contributed by atoms with Crippen molar-refractivity contribution in [2.45, 2.75) is 17.9 Å². The van der Waals surface area contributed by atoms with Crippen LogP contribution >= 0.6 is 11.8 Å². The Morgan fingerprint density at radius 1 is 1.10 bits per heavy atom. The first kappa shape index (κ1) is 19.8. The predicted octanol–water partition coefficient (Wildman–Crippen LogP) is 2.02. The lowest BCUT2D eigenvalue weighted by Gasteiger charge is -2.15. The monoisotopic (exact) mass is 415 g/mol. The first-order valence-corrected chi connectivity index (χ1v) is 10.5. The number of nitrogens with zero attached hydrogens (tertiary/aromatic N) is 5. The molecule has 0 atom stereocenters. The molecule has 9 heteroatoms. The van der Waals surface area contributed by atoms with Crippen molar-refractivity contribution in [2.24, 2.45) is 14.1 Å². The van der Waals surface area contributed by atoms with Crippen LogP contribution in [0.1, 0.15) is 12.8 Å². The highest BCUT2D eigenvalue weighted by atomic mass is 32.2. The molecular weight excluding hydrogens is 393 g/mol. The average molecular weight is 415 g/mol. The lowest BCUT2D eigenvalue weighted by Crippen LogP contribution is -2.37. The molecule has 2 aromatic heterocycles. The fourth-order valence-electron chi connectivity index (χ4n) is 3.57. The molecule has 0 saturated carbocycles. The molecule has 0 unspecified atom stereocenters. The van der Waals surface area contributed by atoms with Gasteiger partial charge in [-0.25, -0.2) is 19.2 Å². The molecule has 0 spiro atoms. The second kappa shape index (κ2) is 8.08. The molecule has 152 valence electrons. The van der Waals surface area contributed by atoms with Crippen molar-refractivity contribution in [3.05, 3.63) is 50.9 Å². The fourth-order valence-corrected chi connectivity index (χ4v) is 4.58. The normalized spacial score (nSPS) is 14.7. The zero-order valence-electron chi connectivity index (χ0n) is 16.4. The van der Waals surface area contributed by atoms with Crippen molar-refractivity contribution < 1.29 is 4.39 Å². The molecule has 4 rings (SSSR count). The van der Waals surface area contributed by atoms with Gasteiger partial charge in [-0.05, 0) is 38.1 Å². The number of aromatic nitrogens is 4. The summed E-state index contributed by atoms with van der Waals surface area (Å²) in [6.07, 6.45) is 2.43. The number of halogens is 1. The third kappa shape index (κ3) is 3.84. The summed E-state index contributed by atoms with van der Waals surface area (Å²) in [7, 11) is 3.02. The third-order valence-corrected chi connectivity index (χ3v) is 6.15. The minimum Gasteiger partial charge on any atom is -0.303 e. The van der Waals surface area contributed by atoms with E-state index in [0.717, 1.165) is 30.0 Å². The lowest BCUT2D eigenvalue weighted by atomic mass is 10.2. The summed E-state index contributed by atoms with van der Waals surface area (Å²) in [5.74, 6) is 0.664. The maximum Gasteiger partial charge on any atom is 0.332 e. The van der Waals surface area contributed by atoms with Gasteiger partial charge in [0.1, 0.15) is 16.2 Å². The van der Waals surface area contributed by atoms with Crippen LogP contribution in [-0.4, -0.2) is 49.4 Å². The highest BCUT2D eigenvalue weighted by Crippen LogP contribution is 2.26. The standard InChI is InChI=1S/C20H22FN5O2S/c1-24-17-15(19(27)25(2)20(24)28)18(29-11-10-26-8-3-4-9-26)23-16(22-17)13-6-5-7-14(21)12-13/h5-7,12H,3-4,8-11H2,1-2H3. The van der Waals surface area contributed by atoms with E-state index in [2.05, 4.69) is 14.9 Å². The van der Waals surface area contributed by atoms with Crippen LogP contribution in [-0.2, 0) is 14.1 Å². The van der Waals surface area contributed by atoms with Crippen molar-refractivity contribution in [3.63, 3.8) is 0 Å². The van der Waals surface area contributed by atoms with Gasteiger partial charge in [-0.2, -0.15) is 0 Å². The fraction of sp³-hybridized carbons (Fsp3) is 0.400. The zero-order chi connectivity index (χ0) is 20.5. The topological polar surface area (TPSA) is 73.0 Å². The van der Waals surface area contributed by atoms with E-state index in [-0.39, 0.29) is 5.65 Å². The molecule has 0 bridgehead atoms. The molecule has 7 nitrogen and oxygen atoms in total. The van der Waals surface area contributed by atoms with Crippen LogP contribution in [0.15, 0.2) is 38.9 Å². The molecule has 29 heavy (non-hydrogen) atoms. The Labute approximate surface area is 171 Å². The number of aryl methyl sites for hydroxylation is 1. The SMILES string of the molecule is Cn1c(=O)c2c(SCCN3CCCC3)nc(-c3cccc(F)c3)nc2n(C)c1=O. The summed E-state index contributed by atoms with van der Waals surface area (Å²) in [4.78, 5) is 36.6.